The van der Waals surface area contributed by atoms with Crippen molar-refractivity contribution in [2.45, 2.75) is 30.7 Å². The van der Waals surface area contributed by atoms with Crippen LogP contribution in [0.15, 0.2) is 41.4 Å². The van der Waals surface area contributed by atoms with Crippen LogP contribution >= 0.6 is 0 Å². The van der Waals surface area contributed by atoms with Crippen LogP contribution in [0.5, 0.6) is 0 Å². The molecule has 1 amide bonds. The van der Waals surface area contributed by atoms with E-state index in [4.69, 9.17) is 5.84 Å². The van der Waals surface area contributed by atoms with E-state index in [9.17, 15) is 13.2 Å². The monoisotopic (exact) mass is 404 g/mol. The number of sulfonamides is 1. The summed E-state index contributed by atoms with van der Waals surface area (Å²) < 4.78 is 26.6. The van der Waals surface area contributed by atoms with Gasteiger partial charge in [0.1, 0.15) is 17.2 Å². The number of nitrogens with two attached hydrogens (primary N) is 1. The van der Waals surface area contributed by atoms with Crippen molar-refractivity contribution in [2.24, 2.45) is 5.84 Å². The average molecular weight is 404 g/mol. The minimum Gasteiger partial charge on any atom is -0.356 e. The number of hydrogen-bond acceptors (Lipinski definition) is 7. The molecule has 0 aliphatic carbocycles. The smallest absolute Gasteiger partial charge is 0.270 e. The molecule has 9 nitrogen and oxygen atoms in total. The zero-order chi connectivity index (χ0) is 20.1. The SMILES string of the molecule is CN(Cc1ncc(C(=O)NN)c(N2CCCCC2)n1)S(=O)(=O)c1ccccc1. The summed E-state index contributed by atoms with van der Waals surface area (Å²) in [5.74, 6) is 5.61. The van der Waals surface area contributed by atoms with Crippen LogP contribution in [0.2, 0.25) is 0 Å². The second kappa shape index (κ2) is 8.63. The van der Waals surface area contributed by atoms with Crippen LogP contribution in [0.1, 0.15) is 35.4 Å². The molecule has 2 aromatic rings. The maximum atomic E-state index is 12.7. The van der Waals surface area contributed by atoms with Crippen molar-refractivity contribution in [1.82, 2.24) is 19.7 Å². The lowest BCUT2D eigenvalue weighted by molar-refractivity contribution is 0.0953. The standard InChI is InChI=1S/C18H24N6O3S/c1-23(28(26,27)14-8-4-2-5-9-14)13-16-20-12-15(18(25)22-19)17(21-16)24-10-6-3-7-11-24/h2,4-5,8-9,12H,3,6-7,10-11,13,19H2,1H3,(H,22,25). The van der Waals surface area contributed by atoms with E-state index in [1.165, 1.54) is 17.5 Å². The highest BCUT2D eigenvalue weighted by atomic mass is 32.2. The van der Waals surface area contributed by atoms with Crippen LogP contribution in [-0.4, -0.2) is 48.7 Å². The van der Waals surface area contributed by atoms with Crippen molar-refractivity contribution < 1.29 is 13.2 Å². The van der Waals surface area contributed by atoms with Crippen molar-refractivity contribution in [1.29, 1.82) is 0 Å². The average Bonchev–Trinajstić information content (AvgIpc) is 2.74. The van der Waals surface area contributed by atoms with Gasteiger partial charge in [-0.2, -0.15) is 4.31 Å². The van der Waals surface area contributed by atoms with Crippen molar-refractivity contribution in [2.75, 3.05) is 25.0 Å². The summed E-state index contributed by atoms with van der Waals surface area (Å²) >= 11 is 0. The molecular weight excluding hydrogens is 380 g/mol. The summed E-state index contributed by atoms with van der Waals surface area (Å²) in [5, 5.41) is 0. The first-order valence-corrected chi connectivity index (χ1v) is 10.5. The Bertz CT molecular complexity index is 930. The second-order valence-corrected chi connectivity index (χ2v) is 8.66. The first kappa shape index (κ1) is 20.2. The fraction of sp³-hybridized carbons (Fsp3) is 0.389. The zero-order valence-electron chi connectivity index (χ0n) is 15.7. The van der Waals surface area contributed by atoms with Gasteiger partial charge in [-0.3, -0.25) is 10.2 Å². The van der Waals surface area contributed by atoms with Gasteiger partial charge in [-0.25, -0.2) is 24.2 Å². The Hall–Kier alpha value is -2.56. The van der Waals surface area contributed by atoms with Crippen molar-refractivity contribution in [3.63, 3.8) is 0 Å². The molecule has 1 aromatic heterocycles. The third-order valence-corrected chi connectivity index (χ3v) is 6.48. The number of anilines is 1. The number of nitrogens with one attached hydrogen (secondary N) is 1. The number of carbonyl (C=O) groups is 1. The number of nitrogens with zero attached hydrogens (tertiary/aromatic N) is 4. The summed E-state index contributed by atoms with van der Waals surface area (Å²) in [6.45, 7) is 1.54. The third-order valence-electron chi connectivity index (χ3n) is 4.67. The van der Waals surface area contributed by atoms with Crippen LogP contribution in [-0.2, 0) is 16.6 Å². The van der Waals surface area contributed by atoms with E-state index in [-0.39, 0.29) is 17.0 Å². The van der Waals surface area contributed by atoms with Gasteiger partial charge in [-0.15, -0.1) is 0 Å². The molecule has 1 aromatic carbocycles. The minimum absolute atomic E-state index is 0.0113. The van der Waals surface area contributed by atoms with Crippen LogP contribution in [0.4, 0.5) is 5.82 Å². The molecule has 1 fully saturated rings. The highest BCUT2D eigenvalue weighted by Crippen LogP contribution is 2.23. The second-order valence-electron chi connectivity index (χ2n) is 6.62. The first-order valence-electron chi connectivity index (χ1n) is 9.06. The largest absolute Gasteiger partial charge is 0.356 e. The molecule has 10 heteroatoms. The fourth-order valence-electron chi connectivity index (χ4n) is 3.13. The molecule has 28 heavy (non-hydrogen) atoms. The van der Waals surface area contributed by atoms with Gasteiger partial charge in [0.25, 0.3) is 5.91 Å². The molecule has 2 heterocycles. The van der Waals surface area contributed by atoms with Crippen molar-refractivity contribution in [3.05, 3.63) is 47.9 Å². The molecule has 0 unspecified atom stereocenters. The Morgan fingerprint density at radius 2 is 1.89 bits per heavy atom. The van der Waals surface area contributed by atoms with Crippen LogP contribution < -0.4 is 16.2 Å². The van der Waals surface area contributed by atoms with Gasteiger partial charge in [-0.05, 0) is 31.4 Å². The summed E-state index contributed by atoms with van der Waals surface area (Å²) in [5.41, 5.74) is 2.39. The summed E-state index contributed by atoms with van der Waals surface area (Å²) in [6.07, 6.45) is 4.54. The van der Waals surface area contributed by atoms with Gasteiger partial charge in [0.15, 0.2) is 0 Å². The number of nitrogen functional groups attached to an aromatic ring is 1. The van der Waals surface area contributed by atoms with Crippen molar-refractivity contribution >= 4 is 21.7 Å². The molecule has 3 rings (SSSR count). The predicted octanol–water partition coefficient (Wildman–Crippen LogP) is 0.891. The molecular formula is C18H24N6O3S. The number of hydrogen-bond donors (Lipinski definition) is 2. The maximum absolute atomic E-state index is 12.7. The molecule has 0 bridgehead atoms. The summed E-state index contributed by atoms with van der Waals surface area (Å²) in [4.78, 5) is 23.0. The van der Waals surface area contributed by atoms with Gasteiger partial charge in [0.2, 0.25) is 10.0 Å². The number of hydrazine groups is 1. The highest BCUT2D eigenvalue weighted by molar-refractivity contribution is 7.89. The molecule has 0 radical (unpaired) electrons. The maximum Gasteiger partial charge on any atom is 0.270 e. The lowest BCUT2D eigenvalue weighted by atomic mass is 10.1. The zero-order valence-corrected chi connectivity index (χ0v) is 16.5. The van der Waals surface area contributed by atoms with E-state index in [1.54, 1.807) is 30.3 Å². The number of benzene rings is 1. The van der Waals surface area contributed by atoms with Gasteiger partial charge >= 0.3 is 0 Å². The van der Waals surface area contributed by atoms with Crippen LogP contribution in [0.3, 0.4) is 0 Å². The van der Waals surface area contributed by atoms with Gasteiger partial charge in [0, 0.05) is 26.3 Å². The topological polar surface area (TPSA) is 122 Å². The lowest BCUT2D eigenvalue weighted by Crippen LogP contribution is -2.36. The molecule has 0 atom stereocenters. The number of piperidine rings is 1. The van der Waals surface area contributed by atoms with Gasteiger partial charge < -0.3 is 4.90 Å². The molecule has 150 valence electrons. The van der Waals surface area contributed by atoms with Crippen LogP contribution in [0, 0.1) is 0 Å². The van der Waals surface area contributed by atoms with E-state index < -0.39 is 15.9 Å². The molecule has 1 saturated heterocycles. The van der Waals surface area contributed by atoms with Gasteiger partial charge in [-0.1, -0.05) is 18.2 Å². The Labute approximate surface area is 164 Å². The molecule has 1 aliphatic rings. The van der Waals surface area contributed by atoms with E-state index >= 15 is 0 Å². The van der Waals surface area contributed by atoms with E-state index in [2.05, 4.69) is 15.4 Å². The fourth-order valence-corrected chi connectivity index (χ4v) is 4.27. The Morgan fingerprint density at radius 3 is 2.54 bits per heavy atom. The Kier molecular flexibility index (Phi) is 6.22. The highest BCUT2D eigenvalue weighted by Gasteiger charge is 2.24. The van der Waals surface area contributed by atoms with E-state index in [0.717, 1.165) is 32.4 Å². The van der Waals surface area contributed by atoms with Gasteiger partial charge in [0.05, 0.1) is 11.4 Å². The summed E-state index contributed by atoms with van der Waals surface area (Å²) in [6, 6.07) is 8.19. The molecule has 0 saturated carbocycles. The predicted molar refractivity (Wildman–Crippen MR) is 105 cm³/mol. The lowest BCUT2D eigenvalue weighted by Gasteiger charge is -2.29. The number of rotatable bonds is 6. The molecule has 3 N–H and O–H groups in total. The van der Waals surface area contributed by atoms with E-state index in [1.807, 2.05) is 4.90 Å². The van der Waals surface area contributed by atoms with Crippen LogP contribution in [0.25, 0.3) is 0 Å². The Balaban J connectivity index is 1.89. The Morgan fingerprint density at radius 1 is 1.21 bits per heavy atom. The summed E-state index contributed by atoms with van der Waals surface area (Å²) in [7, 11) is -2.19. The first-order chi connectivity index (χ1) is 13.4. The minimum atomic E-state index is -3.67. The number of aromatic nitrogens is 2. The molecule has 1 aliphatic heterocycles. The normalized spacial score (nSPS) is 14.9. The van der Waals surface area contributed by atoms with Crippen molar-refractivity contribution in [3.8, 4) is 0 Å². The van der Waals surface area contributed by atoms with E-state index in [0.29, 0.717) is 11.6 Å². The number of amides is 1. The molecule has 0 spiro atoms. The number of carbonyl (C=O) groups excluding carboxylic acids is 1. The third kappa shape index (κ3) is 4.29. The quantitative estimate of drug-likeness (QED) is 0.416.